The molecule has 0 bridgehead atoms. The number of carbonyl (C=O) groups excluding carboxylic acids is 1. The summed E-state index contributed by atoms with van der Waals surface area (Å²) in [5, 5.41) is 21.3. The van der Waals surface area contributed by atoms with Crippen LogP contribution in [-0.4, -0.2) is 77.4 Å². The molecule has 1 fully saturated rings. The third-order valence-corrected chi connectivity index (χ3v) is 3.47. The summed E-state index contributed by atoms with van der Waals surface area (Å²) in [6.45, 7) is 2.82. The lowest BCUT2D eigenvalue weighted by atomic mass is 10.1. The van der Waals surface area contributed by atoms with Crippen molar-refractivity contribution >= 4 is 12.0 Å². The van der Waals surface area contributed by atoms with E-state index in [1.54, 1.807) is 4.90 Å². The van der Waals surface area contributed by atoms with Gasteiger partial charge in [-0.05, 0) is 26.9 Å². The predicted octanol–water partition coefficient (Wildman–Crippen LogP) is -0.0539. The molecule has 0 aliphatic carbocycles. The first-order chi connectivity index (χ1) is 9.33. The molecule has 0 aromatic carbocycles. The van der Waals surface area contributed by atoms with E-state index in [-0.39, 0.29) is 24.5 Å². The third-order valence-electron chi connectivity index (χ3n) is 3.47. The van der Waals surface area contributed by atoms with Gasteiger partial charge in [0.1, 0.15) is 0 Å². The summed E-state index contributed by atoms with van der Waals surface area (Å²) < 4.78 is 0. The zero-order chi connectivity index (χ0) is 15.3. The highest BCUT2D eigenvalue weighted by Gasteiger charge is 2.35. The molecule has 116 valence electrons. The van der Waals surface area contributed by atoms with Crippen LogP contribution in [0.2, 0.25) is 0 Å². The summed E-state index contributed by atoms with van der Waals surface area (Å²) in [6.07, 6.45) is 0.524. The normalized spacial score (nSPS) is 23.9. The van der Waals surface area contributed by atoms with Crippen LogP contribution >= 0.6 is 0 Å². The molecule has 1 saturated heterocycles. The molecule has 0 spiro atoms. The van der Waals surface area contributed by atoms with E-state index in [0.717, 1.165) is 0 Å². The van der Waals surface area contributed by atoms with Gasteiger partial charge in [-0.15, -0.1) is 0 Å². The maximum atomic E-state index is 12.2. The van der Waals surface area contributed by atoms with Gasteiger partial charge in [0.25, 0.3) is 0 Å². The molecular formula is C13H25N3O4. The van der Waals surface area contributed by atoms with Gasteiger partial charge in [-0.25, -0.2) is 4.79 Å². The maximum absolute atomic E-state index is 12.2. The molecule has 3 atom stereocenters. The van der Waals surface area contributed by atoms with E-state index >= 15 is 0 Å². The fraction of sp³-hybridized carbons (Fsp3) is 0.846. The molecule has 1 aliphatic heterocycles. The van der Waals surface area contributed by atoms with Crippen LogP contribution in [-0.2, 0) is 4.79 Å². The number of amides is 2. The Balaban J connectivity index is 2.61. The van der Waals surface area contributed by atoms with Gasteiger partial charge in [-0.1, -0.05) is 6.92 Å². The Kier molecular flexibility index (Phi) is 6.22. The van der Waals surface area contributed by atoms with Crippen molar-refractivity contribution in [1.29, 1.82) is 0 Å². The van der Waals surface area contributed by atoms with E-state index in [1.807, 2.05) is 25.9 Å². The lowest BCUT2D eigenvalue weighted by Gasteiger charge is -2.28. The highest BCUT2D eigenvalue weighted by Crippen LogP contribution is 2.19. The molecule has 0 aromatic rings. The zero-order valence-electron chi connectivity index (χ0n) is 12.4. The number of carbonyl (C=O) groups is 2. The number of rotatable bonds is 6. The van der Waals surface area contributed by atoms with E-state index in [1.165, 1.54) is 0 Å². The molecule has 3 N–H and O–H groups in total. The standard InChI is InChI=1S/C13H25N3O4/c1-4-9(5-12(18)19)14-13(20)16-8-11(17)6-10(16)7-15(2)3/h9-11,17H,4-8H2,1-3H3,(H,14,20)(H,18,19). The molecule has 0 saturated carbocycles. The minimum absolute atomic E-state index is 0.0395. The van der Waals surface area contributed by atoms with Crippen molar-refractivity contribution in [2.75, 3.05) is 27.2 Å². The molecular weight excluding hydrogens is 262 g/mol. The van der Waals surface area contributed by atoms with Crippen molar-refractivity contribution < 1.29 is 19.8 Å². The summed E-state index contributed by atoms with van der Waals surface area (Å²) in [7, 11) is 3.83. The van der Waals surface area contributed by atoms with Gasteiger partial charge in [0.05, 0.1) is 12.5 Å². The smallest absolute Gasteiger partial charge is 0.318 e. The number of carboxylic acids is 1. The van der Waals surface area contributed by atoms with Crippen molar-refractivity contribution in [2.24, 2.45) is 0 Å². The Hall–Kier alpha value is -1.34. The molecule has 2 amide bonds. The Bertz CT molecular complexity index is 349. The molecule has 7 nitrogen and oxygen atoms in total. The number of nitrogens with one attached hydrogen (secondary N) is 1. The third kappa shape index (κ3) is 4.97. The number of likely N-dealkylation sites (tertiary alicyclic amines) is 1. The lowest BCUT2D eigenvalue weighted by molar-refractivity contribution is -0.137. The number of carboxylic acid groups (broad SMARTS) is 1. The number of hydrogen-bond acceptors (Lipinski definition) is 4. The number of hydrogen-bond donors (Lipinski definition) is 3. The summed E-state index contributed by atoms with van der Waals surface area (Å²) in [6, 6.07) is -0.707. The zero-order valence-corrected chi connectivity index (χ0v) is 12.4. The van der Waals surface area contributed by atoms with E-state index in [9.17, 15) is 14.7 Å². The van der Waals surface area contributed by atoms with Crippen molar-refractivity contribution in [3.8, 4) is 0 Å². The maximum Gasteiger partial charge on any atom is 0.318 e. The van der Waals surface area contributed by atoms with Gasteiger partial charge in [0.15, 0.2) is 0 Å². The fourth-order valence-electron chi connectivity index (χ4n) is 2.50. The summed E-state index contributed by atoms with van der Waals surface area (Å²) in [4.78, 5) is 26.5. The quantitative estimate of drug-likeness (QED) is 0.637. The second-order valence-corrected chi connectivity index (χ2v) is 5.61. The van der Waals surface area contributed by atoms with Crippen LogP contribution < -0.4 is 5.32 Å². The number of likely N-dealkylation sites (N-methyl/N-ethyl adjacent to an activating group) is 1. The number of aliphatic hydroxyl groups is 1. The predicted molar refractivity (Wildman–Crippen MR) is 74.5 cm³/mol. The molecule has 0 radical (unpaired) electrons. The van der Waals surface area contributed by atoms with Gasteiger partial charge >= 0.3 is 12.0 Å². The van der Waals surface area contributed by atoms with Crippen LogP contribution in [0, 0.1) is 0 Å². The van der Waals surface area contributed by atoms with E-state index in [4.69, 9.17) is 5.11 Å². The van der Waals surface area contributed by atoms with Crippen LogP contribution in [0.15, 0.2) is 0 Å². The van der Waals surface area contributed by atoms with E-state index in [2.05, 4.69) is 5.32 Å². The SMILES string of the molecule is CCC(CC(=O)O)NC(=O)N1CC(O)CC1CN(C)C. The first-order valence-electron chi connectivity index (χ1n) is 6.95. The van der Waals surface area contributed by atoms with Crippen molar-refractivity contribution in [1.82, 2.24) is 15.1 Å². The Morgan fingerprint density at radius 1 is 1.45 bits per heavy atom. The van der Waals surface area contributed by atoms with Crippen molar-refractivity contribution in [3.05, 3.63) is 0 Å². The summed E-state index contributed by atoms with van der Waals surface area (Å²) in [5.41, 5.74) is 0. The molecule has 20 heavy (non-hydrogen) atoms. The van der Waals surface area contributed by atoms with E-state index in [0.29, 0.717) is 25.9 Å². The molecule has 7 heteroatoms. The van der Waals surface area contributed by atoms with E-state index < -0.39 is 12.1 Å². The van der Waals surface area contributed by atoms with Gasteiger partial charge in [0, 0.05) is 25.2 Å². The molecule has 1 heterocycles. The van der Waals surface area contributed by atoms with Crippen LogP contribution in [0.5, 0.6) is 0 Å². The molecule has 1 aliphatic rings. The van der Waals surface area contributed by atoms with Crippen LogP contribution in [0.4, 0.5) is 4.79 Å². The van der Waals surface area contributed by atoms with Gasteiger partial charge in [0.2, 0.25) is 0 Å². The molecule has 1 rings (SSSR count). The van der Waals surface area contributed by atoms with Gasteiger partial charge in [-0.3, -0.25) is 4.79 Å². The second-order valence-electron chi connectivity index (χ2n) is 5.61. The topological polar surface area (TPSA) is 93.1 Å². The average molecular weight is 287 g/mol. The number of nitrogens with zero attached hydrogens (tertiary/aromatic N) is 2. The lowest BCUT2D eigenvalue weighted by Crippen LogP contribution is -2.49. The number of urea groups is 1. The number of aliphatic hydroxyl groups excluding tert-OH is 1. The fourth-order valence-corrected chi connectivity index (χ4v) is 2.50. The minimum atomic E-state index is -0.927. The first-order valence-corrected chi connectivity index (χ1v) is 6.95. The minimum Gasteiger partial charge on any atom is -0.481 e. The monoisotopic (exact) mass is 287 g/mol. The largest absolute Gasteiger partial charge is 0.481 e. The Morgan fingerprint density at radius 2 is 2.10 bits per heavy atom. The highest BCUT2D eigenvalue weighted by molar-refractivity contribution is 5.76. The Morgan fingerprint density at radius 3 is 2.60 bits per heavy atom. The molecule has 0 aromatic heterocycles. The summed E-state index contributed by atoms with van der Waals surface area (Å²) >= 11 is 0. The number of β-amino-alcohol motifs (C(OH)–C–C–N with tert-alkyl or cyclic N) is 1. The average Bonchev–Trinajstić information content (AvgIpc) is 2.67. The van der Waals surface area contributed by atoms with Gasteiger partial charge in [-0.2, -0.15) is 0 Å². The second kappa shape index (κ2) is 7.44. The van der Waals surface area contributed by atoms with Crippen LogP contribution in [0.3, 0.4) is 0 Å². The highest BCUT2D eigenvalue weighted by atomic mass is 16.4. The van der Waals surface area contributed by atoms with Crippen LogP contribution in [0.25, 0.3) is 0 Å². The van der Waals surface area contributed by atoms with Crippen LogP contribution in [0.1, 0.15) is 26.2 Å². The van der Waals surface area contributed by atoms with Crippen molar-refractivity contribution in [2.45, 2.75) is 44.4 Å². The van der Waals surface area contributed by atoms with Gasteiger partial charge < -0.3 is 25.3 Å². The van der Waals surface area contributed by atoms with Crippen molar-refractivity contribution in [3.63, 3.8) is 0 Å². The molecule has 3 unspecified atom stereocenters. The number of aliphatic carboxylic acids is 1. The summed E-state index contributed by atoms with van der Waals surface area (Å²) in [5.74, 6) is -0.927. The Labute approximate surface area is 119 Å². The first kappa shape index (κ1) is 16.7.